The molecule has 1 N–H and O–H groups in total. The predicted molar refractivity (Wildman–Crippen MR) is 101 cm³/mol. The SMILES string of the molecule is COc1ccc(C(=O)N2CCC(C3OCCO3)CC2)cc1S(=O)(=O)NC1CC1. The van der Waals surface area contributed by atoms with E-state index in [2.05, 4.69) is 4.72 Å². The second-order valence-electron chi connectivity index (χ2n) is 7.50. The first-order chi connectivity index (χ1) is 13.5. The number of methoxy groups -OCH3 is 1. The van der Waals surface area contributed by atoms with Gasteiger partial charge in [0.15, 0.2) is 6.29 Å². The van der Waals surface area contributed by atoms with Crippen molar-refractivity contribution in [1.82, 2.24) is 9.62 Å². The summed E-state index contributed by atoms with van der Waals surface area (Å²) in [5, 5.41) is 0. The van der Waals surface area contributed by atoms with Crippen LogP contribution in [0.3, 0.4) is 0 Å². The fourth-order valence-corrected chi connectivity index (χ4v) is 5.21. The van der Waals surface area contributed by atoms with Gasteiger partial charge in [-0.2, -0.15) is 0 Å². The third-order valence-electron chi connectivity index (χ3n) is 5.46. The highest BCUT2D eigenvalue weighted by Crippen LogP contribution is 2.30. The van der Waals surface area contributed by atoms with Gasteiger partial charge < -0.3 is 19.1 Å². The smallest absolute Gasteiger partial charge is 0.253 e. The van der Waals surface area contributed by atoms with Crippen LogP contribution in [-0.4, -0.2) is 65.0 Å². The first-order valence-corrected chi connectivity index (χ1v) is 11.2. The van der Waals surface area contributed by atoms with Crippen LogP contribution in [0.1, 0.15) is 36.0 Å². The number of benzene rings is 1. The molecule has 1 amide bonds. The number of nitrogens with one attached hydrogen (secondary N) is 1. The second-order valence-corrected chi connectivity index (χ2v) is 9.18. The van der Waals surface area contributed by atoms with E-state index in [4.69, 9.17) is 14.2 Å². The van der Waals surface area contributed by atoms with Crippen molar-refractivity contribution >= 4 is 15.9 Å². The van der Waals surface area contributed by atoms with Crippen molar-refractivity contribution < 1.29 is 27.4 Å². The van der Waals surface area contributed by atoms with E-state index in [0.29, 0.717) is 37.8 Å². The lowest BCUT2D eigenvalue weighted by Crippen LogP contribution is -2.41. The van der Waals surface area contributed by atoms with E-state index in [1.807, 2.05) is 0 Å². The maximum absolute atomic E-state index is 12.9. The first kappa shape index (κ1) is 19.6. The van der Waals surface area contributed by atoms with Gasteiger partial charge in [-0.05, 0) is 43.9 Å². The Morgan fingerprint density at radius 3 is 2.43 bits per heavy atom. The quantitative estimate of drug-likeness (QED) is 0.761. The molecule has 0 atom stereocenters. The molecule has 2 heterocycles. The summed E-state index contributed by atoms with van der Waals surface area (Å²) in [5.74, 6) is 0.359. The number of hydrogen-bond acceptors (Lipinski definition) is 6. The van der Waals surface area contributed by atoms with E-state index in [9.17, 15) is 13.2 Å². The van der Waals surface area contributed by atoms with E-state index in [0.717, 1.165) is 25.7 Å². The predicted octanol–water partition coefficient (Wildman–Crippen LogP) is 1.36. The monoisotopic (exact) mass is 410 g/mol. The number of carbonyl (C=O) groups is 1. The molecule has 2 aliphatic heterocycles. The highest BCUT2D eigenvalue weighted by Gasteiger charge is 2.33. The number of rotatable bonds is 6. The Kier molecular flexibility index (Phi) is 5.59. The average molecular weight is 410 g/mol. The molecule has 8 nitrogen and oxygen atoms in total. The Morgan fingerprint density at radius 2 is 1.82 bits per heavy atom. The van der Waals surface area contributed by atoms with Crippen LogP contribution in [-0.2, 0) is 19.5 Å². The van der Waals surface area contributed by atoms with Gasteiger partial charge in [-0.1, -0.05) is 0 Å². The average Bonchev–Trinajstić information content (AvgIpc) is 3.33. The van der Waals surface area contributed by atoms with E-state index in [1.165, 1.54) is 13.2 Å². The van der Waals surface area contributed by atoms with Crippen molar-refractivity contribution in [2.45, 2.75) is 42.9 Å². The number of ether oxygens (including phenoxy) is 3. The number of nitrogens with zero attached hydrogens (tertiary/aromatic N) is 1. The number of amides is 1. The molecule has 28 heavy (non-hydrogen) atoms. The molecule has 3 aliphatic rings. The largest absolute Gasteiger partial charge is 0.495 e. The van der Waals surface area contributed by atoms with Crippen molar-refractivity contribution in [3.8, 4) is 5.75 Å². The van der Waals surface area contributed by atoms with Gasteiger partial charge in [0.2, 0.25) is 10.0 Å². The molecule has 4 rings (SSSR count). The van der Waals surface area contributed by atoms with Crippen molar-refractivity contribution in [2.24, 2.45) is 5.92 Å². The van der Waals surface area contributed by atoms with Crippen molar-refractivity contribution in [2.75, 3.05) is 33.4 Å². The zero-order valence-corrected chi connectivity index (χ0v) is 16.7. The van der Waals surface area contributed by atoms with Gasteiger partial charge in [-0.15, -0.1) is 0 Å². The van der Waals surface area contributed by atoms with E-state index < -0.39 is 10.0 Å². The summed E-state index contributed by atoms with van der Waals surface area (Å²) in [7, 11) is -2.30. The van der Waals surface area contributed by atoms with Crippen LogP contribution in [0, 0.1) is 5.92 Å². The number of likely N-dealkylation sites (tertiary alicyclic amines) is 1. The van der Waals surface area contributed by atoms with E-state index >= 15 is 0 Å². The molecular weight excluding hydrogens is 384 g/mol. The zero-order valence-electron chi connectivity index (χ0n) is 15.9. The third kappa shape index (κ3) is 4.17. The summed E-state index contributed by atoms with van der Waals surface area (Å²) in [6, 6.07) is 4.56. The molecule has 1 aliphatic carbocycles. The number of piperidine rings is 1. The van der Waals surface area contributed by atoms with Gasteiger partial charge in [-0.25, -0.2) is 13.1 Å². The molecule has 1 saturated carbocycles. The first-order valence-electron chi connectivity index (χ1n) is 9.71. The maximum atomic E-state index is 12.9. The molecule has 9 heteroatoms. The van der Waals surface area contributed by atoms with Gasteiger partial charge >= 0.3 is 0 Å². The van der Waals surface area contributed by atoms with Crippen LogP contribution in [0.15, 0.2) is 23.1 Å². The number of carbonyl (C=O) groups excluding carboxylic acids is 1. The summed E-state index contributed by atoms with van der Waals surface area (Å²) in [5.41, 5.74) is 0.351. The lowest BCUT2D eigenvalue weighted by atomic mass is 9.95. The molecule has 154 valence electrons. The Morgan fingerprint density at radius 1 is 1.14 bits per heavy atom. The minimum atomic E-state index is -3.73. The van der Waals surface area contributed by atoms with E-state index in [-0.39, 0.29) is 28.9 Å². The Bertz CT molecular complexity index is 825. The molecule has 0 spiro atoms. The molecule has 0 unspecified atom stereocenters. The Hall–Kier alpha value is -1.68. The molecule has 3 fully saturated rings. The minimum Gasteiger partial charge on any atom is -0.495 e. The summed E-state index contributed by atoms with van der Waals surface area (Å²) >= 11 is 0. The topological polar surface area (TPSA) is 94.2 Å². The molecule has 1 aromatic rings. The summed E-state index contributed by atoms with van der Waals surface area (Å²) in [4.78, 5) is 14.7. The fraction of sp³-hybridized carbons (Fsp3) is 0.632. The van der Waals surface area contributed by atoms with Gasteiger partial charge in [-0.3, -0.25) is 4.79 Å². The normalized spacial score (nSPS) is 21.8. The standard InChI is InChI=1S/C19H26N2O6S/c1-25-16-5-2-14(12-17(16)28(23,24)20-15-3-4-15)18(22)21-8-6-13(7-9-21)19-26-10-11-27-19/h2,5,12-13,15,19-20H,3-4,6-11H2,1H3. The lowest BCUT2D eigenvalue weighted by molar-refractivity contribution is -0.0956. The van der Waals surface area contributed by atoms with Crippen LogP contribution >= 0.6 is 0 Å². The highest BCUT2D eigenvalue weighted by atomic mass is 32.2. The summed E-state index contributed by atoms with van der Waals surface area (Å²) in [6.07, 6.45) is 3.12. The molecule has 0 radical (unpaired) electrons. The number of sulfonamides is 1. The van der Waals surface area contributed by atoms with Crippen molar-refractivity contribution in [3.63, 3.8) is 0 Å². The van der Waals surface area contributed by atoms with Crippen LogP contribution in [0.4, 0.5) is 0 Å². The Balaban J connectivity index is 1.47. The maximum Gasteiger partial charge on any atom is 0.253 e. The van der Waals surface area contributed by atoms with Gasteiger partial charge in [0.05, 0.1) is 20.3 Å². The van der Waals surface area contributed by atoms with Gasteiger partial charge in [0, 0.05) is 30.6 Å². The van der Waals surface area contributed by atoms with Gasteiger partial charge in [0.1, 0.15) is 10.6 Å². The zero-order chi connectivity index (χ0) is 19.7. The highest BCUT2D eigenvalue weighted by molar-refractivity contribution is 7.89. The van der Waals surface area contributed by atoms with E-state index in [1.54, 1.807) is 17.0 Å². The van der Waals surface area contributed by atoms with Crippen molar-refractivity contribution in [1.29, 1.82) is 0 Å². The molecule has 0 bridgehead atoms. The van der Waals surface area contributed by atoms with Crippen LogP contribution < -0.4 is 9.46 Å². The molecule has 2 saturated heterocycles. The minimum absolute atomic E-state index is 0.00962. The molecule has 1 aromatic carbocycles. The molecule has 0 aromatic heterocycles. The van der Waals surface area contributed by atoms with Gasteiger partial charge in [0.25, 0.3) is 5.91 Å². The fourth-order valence-electron chi connectivity index (χ4n) is 3.71. The lowest BCUT2D eigenvalue weighted by Gasteiger charge is -2.34. The second kappa shape index (κ2) is 7.98. The van der Waals surface area contributed by atoms with Crippen molar-refractivity contribution in [3.05, 3.63) is 23.8 Å². The third-order valence-corrected chi connectivity index (χ3v) is 7.00. The summed E-state index contributed by atoms with van der Waals surface area (Å²) < 4.78 is 44.3. The van der Waals surface area contributed by atoms with Crippen LogP contribution in [0.2, 0.25) is 0 Å². The Labute approximate surface area is 165 Å². The van der Waals surface area contributed by atoms with Crippen LogP contribution in [0.5, 0.6) is 5.75 Å². The number of hydrogen-bond donors (Lipinski definition) is 1. The summed E-state index contributed by atoms with van der Waals surface area (Å²) in [6.45, 7) is 2.45. The molecular formula is C19H26N2O6S. The van der Waals surface area contributed by atoms with Crippen LogP contribution in [0.25, 0.3) is 0 Å².